The third-order valence-corrected chi connectivity index (χ3v) is 4.56. The first kappa shape index (κ1) is 13.5. The maximum Gasteiger partial charge on any atom is 0.131 e. The summed E-state index contributed by atoms with van der Waals surface area (Å²) in [4.78, 5) is 13.1. The van der Waals surface area contributed by atoms with Gasteiger partial charge in [-0.25, -0.2) is 14.3 Å². The van der Waals surface area contributed by atoms with Crippen LogP contribution in [0.15, 0.2) is 30.2 Å². The van der Waals surface area contributed by atoms with E-state index in [0.717, 1.165) is 25.5 Å². The number of hydrogen-bond donors (Lipinski definition) is 0. The van der Waals surface area contributed by atoms with Gasteiger partial charge in [0.25, 0.3) is 0 Å². The van der Waals surface area contributed by atoms with E-state index in [0.29, 0.717) is 6.04 Å². The highest BCUT2D eigenvalue weighted by Crippen LogP contribution is 2.21. The molecule has 20 heavy (non-hydrogen) atoms. The standard InChI is InChI=1S/C14H19N5S/c1-18(14-2-5-15-11-16-14)13-3-6-19(7-4-13)9-12-8-17-20-10-12/h2,5,8,10-11,13H,3-4,6-7,9H2,1H3. The van der Waals surface area contributed by atoms with Crippen LogP contribution in [-0.2, 0) is 6.54 Å². The van der Waals surface area contributed by atoms with Gasteiger partial charge in [-0.15, -0.1) is 0 Å². The summed E-state index contributed by atoms with van der Waals surface area (Å²) in [6, 6.07) is 2.55. The third kappa shape index (κ3) is 3.13. The molecule has 1 aliphatic heterocycles. The molecule has 106 valence electrons. The summed E-state index contributed by atoms with van der Waals surface area (Å²) in [7, 11) is 2.13. The highest BCUT2D eigenvalue weighted by Gasteiger charge is 2.23. The van der Waals surface area contributed by atoms with Crippen molar-refractivity contribution in [1.29, 1.82) is 0 Å². The smallest absolute Gasteiger partial charge is 0.131 e. The molecule has 5 nitrogen and oxygen atoms in total. The minimum Gasteiger partial charge on any atom is -0.356 e. The number of piperidine rings is 1. The topological polar surface area (TPSA) is 45.2 Å². The lowest BCUT2D eigenvalue weighted by molar-refractivity contribution is 0.203. The maximum atomic E-state index is 4.33. The van der Waals surface area contributed by atoms with Gasteiger partial charge in [0.1, 0.15) is 12.1 Å². The monoisotopic (exact) mass is 289 g/mol. The fourth-order valence-corrected chi connectivity index (χ4v) is 3.24. The van der Waals surface area contributed by atoms with Gasteiger partial charge < -0.3 is 4.90 Å². The first-order valence-electron chi connectivity index (χ1n) is 6.92. The molecule has 0 aliphatic carbocycles. The van der Waals surface area contributed by atoms with Crippen molar-refractivity contribution in [3.63, 3.8) is 0 Å². The second-order valence-corrected chi connectivity index (χ2v) is 5.88. The predicted octanol–water partition coefficient (Wildman–Crippen LogP) is 2.03. The van der Waals surface area contributed by atoms with Crippen molar-refractivity contribution < 1.29 is 0 Å². The van der Waals surface area contributed by atoms with Crippen LogP contribution in [0.3, 0.4) is 0 Å². The van der Waals surface area contributed by atoms with Crippen LogP contribution in [0.25, 0.3) is 0 Å². The quantitative estimate of drug-likeness (QED) is 0.862. The van der Waals surface area contributed by atoms with Crippen LogP contribution >= 0.6 is 11.5 Å². The van der Waals surface area contributed by atoms with E-state index in [4.69, 9.17) is 0 Å². The van der Waals surface area contributed by atoms with Gasteiger partial charge in [0.15, 0.2) is 0 Å². The van der Waals surface area contributed by atoms with Crippen LogP contribution in [0.5, 0.6) is 0 Å². The summed E-state index contributed by atoms with van der Waals surface area (Å²) in [6.07, 6.45) is 7.75. The van der Waals surface area contributed by atoms with Gasteiger partial charge in [0.05, 0.1) is 0 Å². The summed E-state index contributed by atoms with van der Waals surface area (Å²) >= 11 is 1.53. The van der Waals surface area contributed by atoms with E-state index in [1.165, 1.54) is 29.9 Å². The predicted molar refractivity (Wildman–Crippen MR) is 80.8 cm³/mol. The Kier molecular flexibility index (Phi) is 4.22. The zero-order valence-electron chi connectivity index (χ0n) is 11.6. The maximum absolute atomic E-state index is 4.33. The molecule has 1 fully saturated rings. The number of anilines is 1. The Morgan fingerprint density at radius 3 is 2.90 bits per heavy atom. The third-order valence-electron chi connectivity index (χ3n) is 3.92. The molecule has 2 aromatic heterocycles. The Bertz CT molecular complexity index is 508. The summed E-state index contributed by atoms with van der Waals surface area (Å²) in [5, 5.41) is 2.14. The number of rotatable bonds is 4. The lowest BCUT2D eigenvalue weighted by Crippen LogP contribution is -2.43. The Morgan fingerprint density at radius 1 is 1.40 bits per heavy atom. The van der Waals surface area contributed by atoms with Crippen molar-refractivity contribution >= 4 is 17.4 Å². The second kappa shape index (κ2) is 6.28. The van der Waals surface area contributed by atoms with Crippen molar-refractivity contribution in [3.05, 3.63) is 35.7 Å². The molecule has 0 bridgehead atoms. The average molecular weight is 289 g/mol. The van der Waals surface area contributed by atoms with Gasteiger partial charge in [-0.3, -0.25) is 4.90 Å². The Labute approximate surface area is 123 Å². The minimum absolute atomic E-state index is 0.571. The summed E-state index contributed by atoms with van der Waals surface area (Å²) in [5.41, 5.74) is 1.33. The Morgan fingerprint density at radius 2 is 2.25 bits per heavy atom. The van der Waals surface area contributed by atoms with E-state index in [2.05, 4.69) is 36.6 Å². The average Bonchev–Trinajstić information content (AvgIpc) is 3.01. The first-order chi connectivity index (χ1) is 9.83. The van der Waals surface area contributed by atoms with E-state index in [1.54, 1.807) is 12.5 Å². The van der Waals surface area contributed by atoms with Crippen LogP contribution < -0.4 is 4.90 Å². The molecular formula is C14H19N5S. The molecule has 0 amide bonds. The van der Waals surface area contributed by atoms with Crippen LogP contribution in [0.4, 0.5) is 5.82 Å². The Hall–Kier alpha value is -1.53. The molecular weight excluding hydrogens is 270 g/mol. The highest BCUT2D eigenvalue weighted by molar-refractivity contribution is 7.03. The molecule has 0 N–H and O–H groups in total. The van der Waals surface area contributed by atoms with Crippen molar-refractivity contribution in [1.82, 2.24) is 19.2 Å². The van der Waals surface area contributed by atoms with Gasteiger partial charge in [-0.2, -0.15) is 0 Å². The zero-order valence-corrected chi connectivity index (χ0v) is 12.5. The largest absolute Gasteiger partial charge is 0.356 e. The first-order valence-corrected chi connectivity index (χ1v) is 7.76. The van der Waals surface area contributed by atoms with Gasteiger partial charge in [0.2, 0.25) is 0 Å². The molecule has 3 heterocycles. The number of aromatic nitrogens is 3. The zero-order chi connectivity index (χ0) is 13.8. The van der Waals surface area contributed by atoms with Crippen LogP contribution in [-0.4, -0.2) is 45.4 Å². The van der Waals surface area contributed by atoms with Gasteiger partial charge in [-0.05, 0) is 36.0 Å². The molecule has 0 atom stereocenters. The molecule has 0 unspecified atom stereocenters. The number of likely N-dealkylation sites (tertiary alicyclic amines) is 1. The van der Waals surface area contributed by atoms with E-state index in [1.807, 2.05) is 12.3 Å². The van der Waals surface area contributed by atoms with Crippen LogP contribution in [0.1, 0.15) is 18.4 Å². The molecule has 1 saturated heterocycles. The fourth-order valence-electron chi connectivity index (χ4n) is 2.71. The van der Waals surface area contributed by atoms with Crippen LogP contribution in [0, 0.1) is 0 Å². The van der Waals surface area contributed by atoms with Crippen molar-refractivity contribution in [2.45, 2.75) is 25.4 Å². The van der Waals surface area contributed by atoms with E-state index in [-0.39, 0.29) is 0 Å². The van der Waals surface area contributed by atoms with E-state index < -0.39 is 0 Å². The minimum atomic E-state index is 0.571. The van der Waals surface area contributed by atoms with Gasteiger partial charge in [0, 0.05) is 50.5 Å². The van der Waals surface area contributed by atoms with Gasteiger partial charge in [-0.1, -0.05) is 0 Å². The molecule has 2 aromatic rings. The number of nitrogens with zero attached hydrogens (tertiary/aromatic N) is 5. The summed E-state index contributed by atoms with van der Waals surface area (Å²) in [6.45, 7) is 3.30. The molecule has 0 aromatic carbocycles. The lowest BCUT2D eigenvalue weighted by atomic mass is 10.0. The molecule has 0 saturated carbocycles. The molecule has 0 radical (unpaired) electrons. The second-order valence-electron chi connectivity index (χ2n) is 5.22. The molecule has 3 rings (SSSR count). The van der Waals surface area contributed by atoms with E-state index >= 15 is 0 Å². The molecule has 6 heteroatoms. The van der Waals surface area contributed by atoms with Crippen molar-refractivity contribution in [2.24, 2.45) is 0 Å². The fraction of sp³-hybridized carbons (Fsp3) is 0.500. The van der Waals surface area contributed by atoms with Gasteiger partial charge >= 0.3 is 0 Å². The highest BCUT2D eigenvalue weighted by atomic mass is 32.1. The lowest BCUT2D eigenvalue weighted by Gasteiger charge is -2.37. The van der Waals surface area contributed by atoms with Crippen molar-refractivity contribution in [2.75, 3.05) is 25.0 Å². The van der Waals surface area contributed by atoms with Crippen molar-refractivity contribution in [3.8, 4) is 0 Å². The van der Waals surface area contributed by atoms with E-state index in [9.17, 15) is 0 Å². The summed E-state index contributed by atoms with van der Waals surface area (Å²) < 4.78 is 4.16. The summed E-state index contributed by atoms with van der Waals surface area (Å²) in [5.74, 6) is 1.01. The number of hydrogen-bond acceptors (Lipinski definition) is 6. The molecule has 0 spiro atoms. The Balaban J connectivity index is 1.53. The SMILES string of the molecule is CN(c1ccncn1)C1CCN(Cc2cnsc2)CC1. The normalized spacial score (nSPS) is 17.2. The molecule has 1 aliphatic rings. The van der Waals surface area contributed by atoms with Crippen LogP contribution in [0.2, 0.25) is 0 Å².